The summed E-state index contributed by atoms with van der Waals surface area (Å²) in [5, 5.41) is 7.37. The van der Waals surface area contributed by atoms with Crippen molar-refractivity contribution in [3.8, 4) is 28.9 Å². The number of carbonyl (C=O) groups excluding carboxylic acids is 2. The number of carbonyl (C=O) groups is 2. The summed E-state index contributed by atoms with van der Waals surface area (Å²) in [6.07, 6.45) is 2.00. The maximum Gasteiger partial charge on any atom is 0.323 e. The van der Waals surface area contributed by atoms with Crippen LogP contribution in [-0.4, -0.2) is 82.9 Å². The Labute approximate surface area is 332 Å². The highest BCUT2D eigenvalue weighted by molar-refractivity contribution is 6.08. The molecule has 0 aliphatic heterocycles. The second-order valence-electron chi connectivity index (χ2n) is 14.0. The van der Waals surface area contributed by atoms with Gasteiger partial charge in [0.1, 0.15) is 35.4 Å². The lowest BCUT2D eigenvalue weighted by Gasteiger charge is -2.23. The number of rotatable bonds is 20. The average molecular weight is 782 g/mol. The molecule has 0 atom stereocenters. The van der Waals surface area contributed by atoms with E-state index in [9.17, 15) is 9.59 Å². The summed E-state index contributed by atoms with van der Waals surface area (Å²) < 4.78 is 39.4. The van der Waals surface area contributed by atoms with Crippen molar-refractivity contribution in [1.29, 1.82) is 0 Å². The van der Waals surface area contributed by atoms with Crippen LogP contribution in [0.25, 0.3) is 10.8 Å². The summed E-state index contributed by atoms with van der Waals surface area (Å²) in [5.74, 6) is 2.56. The Bertz CT molecular complexity index is 2140. The minimum atomic E-state index is -0.506. The van der Waals surface area contributed by atoms with Crippen molar-refractivity contribution in [2.75, 3.05) is 71.6 Å². The van der Waals surface area contributed by atoms with Crippen molar-refractivity contribution >= 4 is 34.1 Å². The number of hydrogen-bond donors (Lipinski definition) is 3. The molecule has 302 valence electrons. The van der Waals surface area contributed by atoms with Crippen LogP contribution in [0.3, 0.4) is 0 Å². The first-order chi connectivity index (χ1) is 27.5. The standard InChI is InChI=1S/C43H51N5O9/c1-43(2,3)30-24-29(25-38(44)49)41(53-6)36(26-30)47-42(50)46-35-11-12-37(34-10-8-7-9-33(34)35)57-40-13-14-45-39(48-40)23-28-21-31(52-5)27-32(22-28)56-20-19-55-18-17-54-16-15-51-4/h7-14,21-22,24,26-27H,15-20,23,25H2,1-6H3,(H2,44,49)(H2,46,47,50). The molecule has 0 aliphatic rings. The van der Waals surface area contributed by atoms with E-state index in [-0.39, 0.29) is 11.8 Å². The number of methoxy groups -OCH3 is 3. The van der Waals surface area contributed by atoms with Crippen LogP contribution >= 0.6 is 0 Å². The van der Waals surface area contributed by atoms with Crippen LogP contribution in [0, 0.1) is 0 Å². The number of benzene rings is 4. The van der Waals surface area contributed by atoms with Crippen LogP contribution in [0.1, 0.15) is 43.3 Å². The smallest absolute Gasteiger partial charge is 0.323 e. The van der Waals surface area contributed by atoms with Crippen LogP contribution in [0.4, 0.5) is 16.2 Å². The molecule has 14 nitrogen and oxygen atoms in total. The van der Waals surface area contributed by atoms with E-state index in [1.165, 1.54) is 7.11 Å². The van der Waals surface area contributed by atoms with E-state index < -0.39 is 11.9 Å². The molecule has 14 heteroatoms. The molecule has 0 fully saturated rings. The summed E-state index contributed by atoms with van der Waals surface area (Å²) in [7, 11) is 4.72. The lowest BCUT2D eigenvalue weighted by atomic mass is 9.85. The molecule has 0 radical (unpaired) electrons. The SMILES string of the molecule is COCCOCCOCCOc1cc(Cc2nccc(Oc3ccc(NC(=O)Nc4cc(C(C)(C)C)cc(CC(N)=O)c4OC)c4ccccc34)n2)cc(OC)c1. The fraction of sp³-hybridized carbons (Fsp3) is 0.349. The predicted molar refractivity (Wildman–Crippen MR) is 218 cm³/mol. The van der Waals surface area contributed by atoms with E-state index in [4.69, 9.17) is 38.9 Å². The number of urea groups is 1. The van der Waals surface area contributed by atoms with Crippen molar-refractivity contribution in [2.24, 2.45) is 5.73 Å². The third-order valence-electron chi connectivity index (χ3n) is 8.71. The zero-order chi connectivity index (χ0) is 40.8. The molecule has 0 aliphatic carbocycles. The number of ether oxygens (including phenoxy) is 7. The summed E-state index contributed by atoms with van der Waals surface area (Å²) in [4.78, 5) is 34.5. The van der Waals surface area contributed by atoms with Gasteiger partial charge in [0.25, 0.3) is 0 Å². The average Bonchev–Trinajstić information content (AvgIpc) is 3.17. The van der Waals surface area contributed by atoms with Gasteiger partial charge in [0, 0.05) is 48.2 Å². The number of hydrogen-bond acceptors (Lipinski definition) is 11. The Balaban J connectivity index is 1.27. The fourth-order valence-electron chi connectivity index (χ4n) is 5.95. The van der Waals surface area contributed by atoms with Crippen LogP contribution in [-0.2, 0) is 37.3 Å². The van der Waals surface area contributed by atoms with Crippen molar-refractivity contribution in [1.82, 2.24) is 9.97 Å². The maximum absolute atomic E-state index is 13.5. The number of anilines is 2. The zero-order valence-corrected chi connectivity index (χ0v) is 33.3. The largest absolute Gasteiger partial charge is 0.497 e. The highest BCUT2D eigenvalue weighted by Crippen LogP contribution is 2.37. The van der Waals surface area contributed by atoms with Gasteiger partial charge in [-0.1, -0.05) is 51.1 Å². The Morgan fingerprint density at radius 3 is 2.16 bits per heavy atom. The van der Waals surface area contributed by atoms with Gasteiger partial charge in [-0.2, -0.15) is 4.98 Å². The lowest BCUT2D eigenvalue weighted by molar-refractivity contribution is -0.117. The molecule has 1 aromatic heterocycles. The molecule has 5 aromatic rings. The lowest BCUT2D eigenvalue weighted by Crippen LogP contribution is -2.22. The molecule has 0 bridgehead atoms. The predicted octanol–water partition coefficient (Wildman–Crippen LogP) is 7.06. The molecule has 3 amide bonds. The molecule has 0 spiro atoms. The number of nitrogens with zero attached hydrogens (tertiary/aromatic N) is 2. The highest BCUT2D eigenvalue weighted by Gasteiger charge is 2.22. The normalized spacial score (nSPS) is 11.3. The van der Waals surface area contributed by atoms with Gasteiger partial charge in [0.2, 0.25) is 11.8 Å². The third kappa shape index (κ3) is 12.3. The van der Waals surface area contributed by atoms with E-state index >= 15 is 0 Å². The van der Waals surface area contributed by atoms with E-state index in [2.05, 4.69) is 20.6 Å². The number of nitrogens with two attached hydrogens (primary N) is 1. The molecule has 4 aromatic carbocycles. The third-order valence-corrected chi connectivity index (χ3v) is 8.71. The summed E-state index contributed by atoms with van der Waals surface area (Å²) in [6, 6.07) is 21.7. The first kappa shape index (κ1) is 42.2. The molecule has 0 saturated carbocycles. The summed E-state index contributed by atoms with van der Waals surface area (Å²) in [5.41, 5.74) is 8.62. The Morgan fingerprint density at radius 2 is 1.46 bits per heavy atom. The second-order valence-corrected chi connectivity index (χ2v) is 14.0. The quantitative estimate of drug-likeness (QED) is 0.0690. The summed E-state index contributed by atoms with van der Waals surface area (Å²) in [6.45, 7) is 8.92. The summed E-state index contributed by atoms with van der Waals surface area (Å²) >= 11 is 0. The van der Waals surface area contributed by atoms with Crippen LogP contribution < -0.4 is 35.3 Å². The van der Waals surface area contributed by atoms with Gasteiger partial charge >= 0.3 is 6.03 Å². The van der Waals surface area contributed by atoms with Crippen molar-refractivity contribution < 1.29 is 42.7 Å². The topological polar surface area (TPSA) is 175 Å². The Hall–Kier alpha value is -5.96. The Kier molecular flexibility index (Phi) is 15.0. The van der Waals surface area contributed by atoms with E-state index in [1.807, 2.05) is 75.4 Å². The number of amides is 3. The van der Waals surface area contributed by atoms with Crippen LogP contribution in [0.5, 0.6) is 28.9 Å². The van der Waals surface area contributed by atoms with Gasteiger partial charge in [-0.3, -0.25) is 4.79 Å². The monoisotopic (exact) mass is 781 g/mol. The fourth-order valence-corrected chi connectivity index (χ4v) is 5.95. The number of nitrogens with one attached hydrogen (secondary N) is 2. The minimum Gasteiger partial charge on any atom is -0.497 e. The molecular formula is C43H51N5O9. The zero-order valence-electron chi connectivity index (χ0n) is 33.3. The van der Waals surface area contributed by atoms with Crippen molar-refractivity contribution in [3.05, 3.63) is 102 Å². The molecular weight excluding hydrogens is 730 g/mol. The van der Waals surface area contributed by atoms with E-state index in [0.717, 1.165) is 21.9 Å². The van der Waals surface area contributed by atoms with Crippen LogP contribution in [0.15, 0.2) is 79.0 Å². The molecule has 57 heavy (non-hydrogen) atoms. The number of fused-ring (bicyclic) bond motifs is 1. The molecule has 0 unspecified atom stereocenters. The van der Waals surface area contributed by atoms with Gasteiger partial charge in [-0.25, -0.2) is 9.78 Å². The van der Waals surface area contributed by atoms with E-state index in [0.29, 0.717) is 97.7 Å². The number of primary amides is 1. The maximum atomic E-state index is 13.5. The highest BCUT2D eigenvalue weighted by atomic mass is 16.6. The Morgan fingerprint density at radius 1 is 0.754 bits per heavy atom. The van der Waals surface area contributed by atoms with Gasteiger partial charge in [0.05, 0.1) is 65.0 Å². The van der Waals surface area contributed by atoms with Gasteiger partial charge in [-0.15, -0.1) is 0 Å². The second kappa shape index (κ2) is 20.3. The molecule has 1 heterocycles. The van der Waals surface area contributed by atoms with Gasteiger partial charge < -0.3 is 49.5 Å². The first-order valence-electron chi connectivity index (χ1n) is 18.5. The molecule has 0 saturated heterocycles. The number of aromatic nitrogens is 2. The minimum absolute atomic E-state index is 0.0372. The van der Waals surface area contributed by atoms with E-state index in [1.54, 1.807) is 38.6 Å². The van der Waals surface area contributed by atoms with Crippen molar-refractivity contribution in [3.63, 3.8) is 0 Å². The molecule has 5 rings (SSSR count). The first-order valence-corrected chi connectivity index (χ1v) is 18.5. The van der Waals surface area contributed by atoms with Crippen LogP contribution in [0.2, 0.25) is 0 Å². The van der Waals surface area contributed by atoms with Gasteiger partial charge in [-0.05, 0) is 46.9 Å². The molecule has 4 N–H and O–H groups in total. The van der Waals surface area contributed by atoms with Gasteiger partial charge in [0.15, 0.2) is 0 Å². The van der Waals surface area contributed by atoms with Crippen molar-refractivity contribution in [2.45, 2.75) is 39.0 Å².